The van der Waals surface area contributed by atoms with Crippen LogP contribution in [0.3, 0.4) is 0 Å². The van der Waals surface area contributed by atoms with Crippen LogP contribution in [0.5, 0.6) is 0 Å². The predicted molar refractivity (Wildman–Crippen MR) is 87.2 cm³/mol. The zero-order valence-electron chi connectivity index (χ0n) is 13.0. The van der Waals surface area contributed by atoms with Gasteiger partial charge >= 0.3 is 0 Å². The maximum atomic E-state index is 13.4. The van der Waals surface area contributed by atoms with Crippen LogP contribution in [0.15, 0.2) is 29.3 Å². The fourth-order valence-electron chi connectivity index (χ4n) is 4.94. The monoisotopic (exact) mass is 342 g/mol. The summed E-state index contributed by atoms with van der Waals surface area (Å²) < 4.78 is 19.3. The third kappa shape index (κ3) is 1.20. The molecule has 2 aliphatic heterocycles. The molecule has 1 spiro atoms. The molecule has 1 saturated carbocycles. The number of ether oxygens (including phenoxy) is 1. The van der Waals surface area contributed by atoms with Gasteiger partial charge in [-0.05, 0) is 24.1 Å². The lowest BCUT2D eigenvalue weighted by Crippen LogP contribution is -2.39. The summed E-state index contributed by atoms with van der Waals surface area (Å²) >= 11 is 1.42. The molecule has 1 aliphatic carbocycles. The molecule has 122 valence electrons. The van der Waals surface area contributed by atoms with E-state index in [0.717, 1.165) is 5.56 Å². The Morgan fingerprint density at radius 1 is 1.33 bits per heavy atom. The summed E-state index contributed by atoms with van der Waals surface area (Å²) in [4.78, 5) is 4.44. The molecule has 3 aliphatic rings. The van der Waals surface area contributed by atoms with Crippen LogP contribution < -0.4 is 5.73 Å². The van der Waals surface area contributed by atoms with E-state index in [1.807, 2.05) is 6.92 Å². The topological polar surface area (TPSA) is 95.2 Å². The lowest BCUT2D eigenvalue weighted by molar-refractivity contribution is 0.0137. The molecule has 0 bridgehead atoms. The van der Waals surface area contributed by atoms with Crippen molar-refractivity contribution in [3.8, 4) is 12.1 Å². The molecule has 7 heteroatoms. The fraction of sp³-hybridized carbons (Fsp3) is 0.471. The number of benzene rings is 1. The first-order valence-corrected chi connectivity index (χ1v) is 8.73. The average molecular weight is 342 g/mol. The Morgan fingerprint density at radius 2 is 2.04 bits per heavy atom. The van der Waals surface area contributed by atoms with Gasteiger partial charge in [0.1, 0.15) is 11.7 Å². The molecule has 0 aromatic heterocycles. The standard InChI is InChI=1S/C17H15FN4OS/c1-2-14(11-3-5-12(18)6-4-11)15(9-19)13(21)22-17(16(14,15)10-20)23-7-8-24-17/h3-6H,2,7-8H2,1H3,(H2,21,22)/t14-,15+,16-,17-/m1/s1. The Balaban J connectivity index is 2.03. The number of nitrogens with zero attached hydrogens (tertiary/aromatic N) is 3. The van der Waals surface area contributed by atoms with Gasteiger partial charge in [0, 0.05) is 11.2 Å². The molecule has 5 nitrogen and oxygen atoms in total. The molecule has 2 N–H and O–H groups in total. The lowest BCUT2D eigenvalue weighted by Gasteiger charge is -2.31. The molecule has 0 radical (unpaired) electrons. The van der Waals surface area contributed by atoms with E-state index >= 15 is 0 Å². The maximum Gasteiger partial charge on any atom is 0.231 e. The molecule has 1 aromatic carbocycles. The minimum Gasteiger partial charge on any atom is -0.386 e. The van der Waals surface area contributed by atoms with Crippen LogP contribution in [0.25, 0.3) is 0 Å². The summed E-state index contributed by atoms with van der Waals surface area (Å²) in [5.74, 6) is 0.466. The fourth-order valence-corrected chi connectivity index (χ4v) is 6.30. The Bertz CT molecular complexity index is 836. The van der Waals surface area contributed by atoms with Gasteiger partial charge in [-0.25, -0.2) is 9.38 Å². The number of hydrogen-bond donors (Lipinski definition) is 1. The predicted octanol–water partition coefficient (Wildman–Crippen LogP) is 2.30. The van der Waals surface area contributed by atoms with Crippen molar-refractivity contribution < 1.29 is 9.13 Å². The number of hydrogen-bond acceptors (Lipinski definition) is 6. The van der Waals surface area contributed by atoms with Crippen molar-refractivity contribution in [3.05, 3.63) is 35.6 Å². The number of nitriles is 2. The summed E-state index contributed by atoms with van der Waals surface area (Å²) in [6.45, 7) is 2.37. The van der Waals surface area contributed by atoms with Gasteiger partial charge in [-0.1, -0.05) is 30.8 Å². The van der Waals surface area contributed by atoms with Crippen LogP contribution in [0.1, 0.15) is 18.9 Å². The van der Waals surface area contributed by atoms with Gasteiger partial charge in [0.2, 0.25) is 5.06 Å². The summed E-state index contributed by atoms with van der Waals surface area (Å²) in [5, 5.41) is 19.1. The van der Waals surface area contributed by atoms with Crippen molar-refractivity contribution in [1.82, 2.24) is 0 Å². The zero-order valence-corrected chi connectivity index (χ0v) is 13.9. The number of thioether (sulfide) groups is 1. The summed E-state index contributed by atoms with van der Waals surface area (Å²) in [5.41, 5.74) is 3.61. The minimum absolute atomic E-state index is 0.145. The second-order valence-electron chi connectivity index (χ2n) is 6.27. The van der Waals surface area contributed by atoms with E-state index < -0.39 is 21.3 Å². The molecule has 1 saturated heterocycles. The molecular formula is C17H15FN4OS. The van der Waals surface area contributed by atoms with Gasteiger partial charge in [-0.2, -0.15) is 10.5 Å². The Kier molecular flexibility index (Phi) is 2.90. The smallest absolute Gasteiger partial charge is 0.231 e. The van der Waals surface area contributed by atoms with Gasteiger partial charge in [-0.3, -0.25) is 0 Å². The van der Waals surface area contributed by atoms with Crippen LogP contribution >= 0.6 is 11.8 Å². The molecule has 2 heterocycles. The summed E-state index contributed by atoms with van der Waals surface area (Å²) in [6, 6.07) is 10.6. The van der Waals surface area contributed by atoms with Crippen molar-refractivity contribution in [2.45, 2.75) is 23.8 Å². The number of aliphatic imine (C=N–C) groups is 1. The summed E-state index contributed by atoms with van der Waals surface area (Å²) in [6.07, 6.45) is 0.502. The average Bonchev–Trinajstić information content (AvgIpc) is 2.81. The highest BCUT2D eigenvalue weighted by Crippen LogP contribution is 2.88. The molecule has 0 amide bonds. The van der Waals surface area contributed by atoms with Gasteiger partial charge in [0.05, 0.1) is 18.7 Å². The van der Waals surface area contributed by atoms with Gasteiger partial charge in [0.25, 0.3) is 0 Å². The van der Waals surface area contributed by atoms with Crippen LogP contribution in [0, 0.1) is 39.3 Å². The van der Waals surface area contributed by atoms with Crippen molar-refractivity contribution in [2.75, 3.05) is 12.4 Å². The van der Waals surface area contributed by atoms with Crippen molar-refractivity contribution >= 4 is 17.6 Å². The van der Waals surface area contributed by atoms with Crippen molar-refractivity contribution in [3.63, 3.8) is 0 Å². The Morgan fingerprint density at radius 3 is 2.54 bits per heavy atom. The van der Waals surface area contributed by atoms with Crippen molar-refractivity contribution in [2.24, 2.45) is 21.6 Å². The minimum atomic E-state index is -1.25. The van der Waals surface area contributed by atoms with Gasteiger partial charge in [-0.15, -0.1) is 0 Å². The summed E-state index contributed by atoms with van der Waals surface area (Å²) in [7, 11) is 0. The Labute approximate surface area is 143 Å². The molecule has 0 unspecified atom stereocenters. The Hall–Kier alpha value is -2.09. The first-order chi connectivity index (χ1) is 11.5. The van der Waals surface area contributed by atoms with Crippen LogP contribution in [-0.2, 0) is 10.2 Å². The third-order valence-corrected chi connectivity index (χ3v) is 7.06. The normalized spacial score (nSPS) is 42.2. The molecule has 2 fully saturated rings. The molecular weight excluding hydrogens is 327 g/mol. The maximum absolute atomic E-state index is 13.4. The highest BCUT2D eigenvalue weighted by molar-refractivity contribution is 8.00. The largest absolute Gasteiger partial charge is 0.386 e. The van der Waals surface area contributed by atoms with Crippen LogP contribution in [0.2, 0.25) is 0 Å². The van der Waals surface area contributed by atoms with Crippen LogP contribution in [0.4, 0.5) is 4.39 Å². The first-order valence-electron chi connectivity index (χ1n) is 7.74. The SMILES string of the molecule is CC[C@@]1(c2ccc(F)cc2)[C@]2(C#N)C(N)=N[C@@]3(OCCS3)[C@@]21C#N. The first kappa shape index (κ1) is 15.4. The third-order valence-electron chi connectivity index (χ3n) is 5.79. The van der Waals surface area contributed by atoms with Crippen LogP contribution in [-0.4, -0.2) is 23.3 Å². The van der Waals surface area contributed by atoms with E-state index in [1.54, 1.807) is 12.1 Å². The van der Waals surface area contributed by atoms with E-state index in [9.17, 15) is 14.9 Å². The van der Waals surface area contributed by atoms with Gasteiger partial charge in [0.15, 0.2) is 10.8 Å². The number of amidine groups is 1. The highest BCUT2D eigenvalue weighted by atomic mass is 32.2. The number of rotatable bonds is 2. The second-order valence-corrected chi connectivity index (χ2v) is 7.52. The number of halogens is 1. The quantitative estimate of drug-likeness (QED) is 0.890. The van der Waals surface area contributed by atoms with E-state index in [2.05, 4.69) is 17.1 Å². The van der Waals surface area contributed by atoms with E-state index in [4.69, 9.17) is 10.5 Å². The number of fused-ring (bicyclic) bond motifs is 2. The van der Waals surface area contributed by atoms with Gasteiger partial charge < -0.3 is 10.5 Å². The molecule has 4 rings (SSSR count). The molecule has 24 heavy (non-hydrogen) atoms. The lowest BCUT2D eigenvalue weighted by atomic mass is 9.81. The molecule has 4 atom stereocenters. The molecule has 1 aromatic rings. The van der Waals surface area contributed by atoms with Crippen molar-refractivity contribution in [1.29, 1.82) is 10.5 Å². The second kappa shape index (κ2) is 4.50. The van der Waals surface area contributed by atoms with E-state index in [1.165, 1.54) is 23.9 Å². The highest BCUT2D eigenvalue weighted by Gasteiger charge is 3.00. The van der Waals surface area contributed by atoms with E-state index in [-0.39, 0.29) is 11.7 Å². The number of nitrogens with two attached hydrogens (primary N) is 1. The zero-order chi connectivity index (χ0) is 17.2. The van der Waals surface area contributed by atoms with E-state index in [0.29, 0.717) is 18.8 Å².